The van der Waals surface area contributed by atoms with Gasteiger partial charge in [0.1, 0.15) is 6.04 Å². The molecule has 0 unspecified atom stereocenters. The van der Waals surface area contributed by atoms with Crippen molar-refractivity contribution in [2.24, 2.45) is 5.73 Å². The van der Waals surface area contributed by atoms with Crippen LogP contribution in [0.4, 0.5) is 0 Å². The molecule has 3 N–H and O–H groups in total. The number of thiophene rings is 1. The number of primary amides is 1. The van der Waals surface area contributed by atoms with Crippen molar-refractivity contribution >= 4 is 17.2 Å². The maximum atomic E-state index is 11.4. The average Bonchev–Trinajstić information content (AvgIpc) is 2.83. The Morgan fingerprint density at radius 2 is 2.06 bits per heavy atom. The van der Waals surface area contributed by atoms with Crippen molar-refractivity contribution in [2.45, 2.75) is 12.6 Å². The van der Waals surface area contributed by atoms with Gasteiger partial charge in [-0.1, -0.05) is 30.3 Å². The molecule has 0 bridgehead atoms. The van der Waals surface area contributed by atoms with Gasteiger partial charge in [-0.25, -0.2) is 0 Å². The molecule has 0 saturated carbocycles. The van der Waals surface area contributed by atoms with Gasteiger partial charge in [0.05, 0.1) is 0 Å². The van der Waals surface area contributed by atoms with E-state index in [-0.39, 0.29) is 5.91 Å². The van der Waals surface area contributed by atoms with Crippen LogP contribution >= 0.6 is 11.3 Å². The third-order valence-corrected chi connectivity index (χ3v) is 3.24. The standard InChI is InChI=1S/C13H14N2OS/c14-13(16)12(11-4-2-1-3-5-11)15-8-10-6-7-17-9-10/h1-7,9,12,15H,8H2,(H2,14,16)/t12-/m1/s1. The van der Waals surface area contributed by atoms with Gasteiger partial charge in [0.25, 0.3) is 0 Å². The Morgan fingerprint density at radius 3 is 2.65 bits per heavy atom. The molecule has 0 aliphatic heterocycles. The summed E-state index contributed by atoms with van der Waals surface area (Å²) < 4.78 is 0. The Morgan fingerprint density at radius 1 is 1.29 bits per heavy atom. The highest BCUT2D eigenvalue weighted by Gasteiger charge is 2.16. The third-order valence-electron chi connectivity index (χ3n) is 2.51. The van der Waals surface area contributed by atoms with Crippen LogP contribution in [0.5, 0.6) is 0 Å². The van der Waals surface area contributed by atoms with E-state index in [0.29, 0.717) is 6.54 Å². The second-order valence-electron chi connectivity index (χ2n) is 3.76. The number of benzene rings is 1. The molecule has 88 valence electrons. The molecule has 0 spiro atoms. The monoisotopic (exact) mass is 246 g/mol. The predicted octanol–water partition coefficient (Wildman–Crippen LogP) is 2.06. The van der Waals surface area contributed by atoms with Crippen molar-refractivity contribution in [1.82, 2.24) is 5.32 Å². The highest BCUT2D eigenvalue weighted by molar-refractivity contribution is 7.07. The van der Waals surface area contributed by atoms with Crippen LogP contribution in [-0.2, 0) is 11.3 Å². The quantitative estimate of drug-likeness (QED) is 0.848. The van der Waals surface area contributed by atoms with Gasteiger partial charge in [0, 0.05) is 6.54 Å². The first-order chi connectivity index (χ1) is 8.27. The largest absolute Gasteiger partial charge is 0.368 e. The number of carbonyl (C=O) groups is 1. The summed E-state index contributed by atoms with van der Waals surface area (Å²) >= 11 is 1.64. The fourth-order valence-electron chi connectivity index (χ4n) is 1.64. The van der Waals surface area contributed by atoms with Crippen molar-refractivity contribution in [3.05, 3.63) is 58.3 Å². The lowest BCUT2D eigenvalue weighted by atomic mass is 10.1. The summed E-state index contributed by atoms with van der Waals surface area (Å²) in [5, 5.41) is 7.23. The van der Waals surface area contributed by atoms with Gasteiger partial charge in [-0.3, -0.25) is 10.1 Å². The highest BCUT2D eigenvalue weighted by Crippen LogP contribution is 2.13. The van der Waals surface area contributed by atoms with E-state index in [4.69, 9.17) is 5.73 Å². The van der Waals surface area contributed by atoms with Crippen molar-refractivity contribution in [1.29, 1.82) is 0 Å². The first-order valence-electron chi connectivity index (χ1n) is 5.36. The molecule has 0 radical (unpaired) electrons. The van der Waals surface area contributed by atoms with Crippen molar-refractivity contribution in [3.63, 3.8) is 0 Å². The summed E-state index contributed by atoms with van der Waals surface area (Å²) in [6.45, 7) is 0.645. The number of hydrogen-bond donors (Lipinski definition) is 2. The summed E-state index contributed by atoms with van der Waals surface area (Å²) in [6.07, 6.45) is 0. The zero-order valence-electron chi connectivity index (χ0n) is 9.30. The molecule has 3 nitrogen and oxygen atoms in total. The fourth-order valence-corrected chi connectivity index (χ4v) is 2.31. The van der Waals surface area contributed by atoms with Crippen molar-refractivity contribution in [3.8, 4) is 0 Å². The van der Waals surface area contributed by atoms with Gasteiger partial charge in [0.2, 0.25) is 5.91 Å². The maximum absolute atomic E-state index is 11.4. The Bertz CT molecular complexity index is 467. The maximum Gasteiger partial charge on any atom is 0.239 e. The smallest absolute Gasteiger partial charge is 0.239 e. The van der Waals surface area contributed by atoms with Crippen LogP contribution in [0.25, 0.3) is 0 Å². The van der Waals surface area contributed by atoms with Crippen LogP contribution < -0.4 is 11.1 Å². The first kappa shape index (κ1) is 11.8. The molecule has 4 heteroatoms. The van der Waals surface area contributed by atoms with E-state index >= 15 is 0 Å². The molecule has 0 aliphatic carbocycles. The lowest BCUT2D eigenvalue weighted by Gasteiger charge is -2.15. The summed E-state index contributed by atoms with van der Waals surface area (Å²) in [6, 6.07) is 11.1. The molecule has 1 aromatic carbocycles. The van der Waals surface area contributed by atoms with Gasteiger partial charge < -0.3 is 5.73 Å². The normalized spacial score (nSPS) is 12.2. The van der Waals surface area contributed by atoms with Crippen LogP contribution in [0.3, 0.4) is 0 Å². The number of nitrogens with one attached hydrogen (secondary N) is 1. The van der Waals surface area contributed by atoms with E-state index in [1.807, 2.05) is 41.8 Å². The second kappa shape index (κ2) is 5.61. The molecular formula is C13H14N2OS. The molecule has 17 heavy (non-hydrogen) atoms. The summed E-state index contributed by atoms with van der Waals surface area (Å²) in [4.78, 5) is 11.4. The second-order valence-corrected chi connectivity index (χ2v) is 4.54. The Hall–Kier alpha value is -1.65. The zero-order chi connectivity index (χ0) is 12.1. The van der Waals surface area contributed by atoms with Crippen LogP contribution in [0.1, 0.15) is 17.2 Å². The molecule has 2 aromatic rings. The Kier molecular flexibility index (Phi) is 3.90. The third kappa shape index (κ3) is 3.15. The van der Waals surface area contributed by atoms with E-state index in [0.717, 1.165) is 11.1 Å². The van der Waals surface area contributed by atoms with E-state index < -0.39 is 6.04 Å². The number of nitrogens with two attached hydrogens (primary N) is 1. The minimum atomic E-state index is -0.434. The van der Waals surface area contributed by atoms with Crippen LogP contribution in [0.2, 0.25) is 0 Å². The fraction of sp³-hybridized carbons (Fsp3) is 0.154. The van der Waals surface area contributed by atoms with E-state index in [2.05, 4.69) is 10.7 Å². The number of rotatable bonds is 5. The number of hydrogen-bond acceptors (Lipinski definition) is 3. The molecule has 0 aliphatic rings. The molecule has 1 aromatic heterocycles. The summed E-state index contributed by atoms with van der Waals surface area (Å²) in [5.74, 6) is -0.355. The Balaban J connectivity index is 2.06. The minimum Gasteiger partial charge on any atom is -0.368 e. The Labute approximate surface area is 104 Å². The predicted molar refractivity (Wildman–Crippen MR) is 69.5 cm³/mol. The van der Waals surface area contributed by atoms with Gasteiger partial charge in [-0.05, 0) is 28.0 Å². The lowest BCUT2D eigenvalue weighted by molar-refractivity contribution is -0.120. The van der Waals surface area contributed by atoms with E-state index in [1.54, 1.807) is 11.3 Å². The number of carbonyl (C=O) groups excluding carboxylic acids is 1. The van der Waals surface area contributed by atoms with E-state index in [9.17, 15) is 4.79 Å². The van der Waals surface area contributed by atoms with Crippen LogP contribution in [0, 0.1) is 0 Å². The van der Waals surface area contributed by atoms with Crippen molar-refractivity contribution in [2.75, 3.05) is 0 Å². The van der Waals surface area contributed by atoms with Gasteiger partial charge >= 0.3 is 0 Å². The SMILES string of the molecule is NC(=O)[C@H](NCc1ccsc1)c1ccccc1. The molecular weight excluding hydrogens is 232 g/mol. The topological polar surface area (TPSA) is 55.1 Å². The molecule has 1 atom stereocenters. The zero-order valence-corrected chi connectivity index (χ0v) is 10.1. The average molecular weight is 246 g/mol. The molecule has 0 fully saturated rings. The molecule has 1 amide bonds. The van der Waals surface area contributed by atoms with Gasteiger partial charge in [-0.15, -0.1) is 0 Å². The van der Waals surface area contributed by atoms with Gasteiger partial charge in [0.15, 0.2) is 0 Å². The minimum absolute atomic E-state index is 0.355. The first-order valence-corrected chi connectivity index (χ1v) is 6.30. The highest BCUT2D eigenvalue weighted by atomic mass is 32.1. The van der Waals surface area contributed by atoms with Crippen LogP contribution in [-0.4, -0.2) is 5.91 Å². The summed E-state index contributed by atoms with van der Waals surface area (Å²) in [7, 11) is 0. The number of amides is 1. The summed E-state index contributed by atoms with van der Waals surface area (Å²) in [5.41, 5.74) is 7.47. The molecule has 0 saturated heterocycles. The van der Waals surface area contributed by atoms with E-state index in [1.165, 1.54) is 0 Å². The molecule has 2 rings (SSSR count). The van der Waals surface area contributed by atoms with Gasteiger partial charge in [-0.2, -0.15) is 11.3 Å². The molecule has 1 heterocycles. The van der Waals surface area contributed by atoms with Crippen LogP contribution in [0.15, 0.2) is 47.2 Å². The lowest BCUT2D eigenvalue weighted by Crippen LogP contribution is -2.33. The van der Waals surface area contributed by atoms with Crippen molar-refractivity contribution < 1.29 is 4.79 Å².